The summed E-state index contributed by atoms with van der Waals surface area (Å²) < 4.78 is 145. The SMILES string of the molecule is CO[C@@H]1CCNC[C@H]1Nc1ncc(C(F)(F)F)c(C2=CCc3cc(-c4c(C)noc4C)ccc32)n1.Cc1nc(-c2ccc3c(c2)CC=C3c2nc(N[C@H]3CCCNC3)ncc2C(F)(F)F)no1.Cc1nscc1-c1ccc2c(c1)CC=C2c1nc(N[C@H]2CCCNC2)ncc1C(F)(F)F. The number of allylic oxidation sites excluding steroid dienone is 3. The monoisotopic (exact) mass is 1380 g/mol. The number of aryl methyl sites for hydroxylation is 4. The topological polar surface area (TPSA) is 237 Å². The number of alkyl halides is 9. The first-order valence-corrected chi connectivity index (χ1v) is 33.3. The zero-order valence-corrected chi connectivity index (χ0v) is 55.3. The number of hydrogen-bond acceptors (Lipinski definition) is 20. The normalized spacial score (nSPS) is 18.9. The second kappa shape index (κ2) is 28.5. The Morgan fingerprint density at radius 1 is 0.515 bits per heavy atom. The minimum atomic E-state index is -4.59. The first kappa shape index (κ1) is 68.2. The van der Waals surface area contributed by atoms with Gasteiger partial charge in [-0.1, -0.05) is 77.1 Å². The summed E-state index contributed by atoms with van der Waals surface area (Å²) in [6.45, 7) is 12.1. The maximum Gasteiger partial charge on any atom is 0.419 e. The molecule has 3 aliphatic carbocycles. The van der Waals surface area contributed by atoms with Crippen LogP contribution in [0.15, 0.2) is 106 Å². The molecule has 9 aromatic rings. The summed E-state index contributed by atoms with van der Waals surface area (Å²) in [6, 6.07) is 17.1. The molecule has 3 aromatic carbocycles. The van der Waals surface area contributed by atoms with E-state index in [0.29, 0.717) is 65.6 Å². The van der Waals surface area contributed by atoms with Gasteiger partial charge in [0.2, 0.25) is 29.6 Å². The van der Waals surface area contributed by atoms with Crippen molar-refractivity contribution in [3.05, 3.63) is 187 Å². The third kappa shape index (κ3) is 15.0. The molecule has 6 N–H and O–H groups in total. The average molecular weight is 1390 g/mol. The van der Waals surface area contributed by atoms with Crippen LogP contribution in [0.3, 0.4) is 0 Å². The summed E-state index contributed by atoms with van der Waals surface area (Å²) in [4.78, 5) is 29.2. The molecule has 6 aromatic heterocycles. The molecule has 3 fully saturated rings. The number of nitrogens with zero attached hydrogens (tertiary/aromatic N) is 10. The standard InChI is InChI=1S/C25H26F3N5O2.C23H22F3N5S.C22H21F3N6O/c1-13-22(14(2)35-33-13)16-5-6-17-15(10-16)4-7-18(17)23-19(25(26,27)28)11-30-24(32-23)31-20-12-29-9-8-21(20)34-3;1-13-19(12-32-31-13)15-4-6-17-14(9-15)5-7-18(17)21-20(23(24,25)26)11-28-22(30-21)29-16-3-2-8-27-10-16;1-12-28-20(31-32-12)14-5-6-16-13(9-14)4-7-17(16)19-18(22(23,24)25)11-27-21(30-19)29-15-3-2-8-26-10-15/h5-7,10-11,20-21,29H,4,8-9,12H2,1-3H3,(H,30,31,32);4,6-7,9,11-12,16,27H,2-3,5,8,10H2,1H3,(H,28,29,30);5-7,9,11,15,26H,2-4,8,10H2,1H3,(H,27,29,30)/t20-,21-;16-;15-/m100/s1. The van der Waals surface area contributed by atoms with Crippen LogP contribution in [0.1, 0.15) is 122 Å². The molecule has 0 bridgehead atoms. The number of fused-ring (bicyclic) bond motifs is 3. The lowest BCUT2D eigenvalue weighted by molar-refractivity contribution is -0.139. The van der Waals surface area contributed by atoms with Gasteiger partial charge < -0.3 is 45.7 Å². The molecule has 9 heterocycles. The molecule has 29 heteroatoms. The van der Waals surface area contributed by atoms with Crippen LogP contribution >= 0.6 is 11.5 Å². The number of nitrogens with one attached hydrogen (secondary N) is 6. The van der Waals surface area contributed by atoms with Gasteiger partial charge in [0.1, 0.15) is 22.5 Å². The van der Waals surface area contributed by atoms with Crippen molar-refractivity contribution in [3.63, 3.8) is 0 Å². The molecule has 0 amide bonds. The van der Waals surface area contributed by atoms with E-state index in [1.54, 1.807) is 38.3 Å². The van der Waals surface area contributed by atoms with Crippen molar-refractivity contribution in [2.24, 2.45) is 0 Å². The number of methoxy groups -OCH3 is 1. The summed E-state index contributed by atoms with van der Waals surface area (Å²) in [6.07, 6.45) is 0.440. The van der Waals surface area contributed by atoms with Crippen molar-refractivity contribution in [1.29, 1.82) is 0 Å². The van der Waals surface area contributed by atoms with E-state index < -0.39 is 35.2 Å². The molecule has 99 heavy (non-hydrogen) atoms. The zero-order valence-electron chi connectivity index (χ0n) is 54.5. The number of rotatable bonds is 13. The minimum absolute atomic E-state index is 0.0707. The molecule has 15 rings (SSSR count). The lowest BCUT2D eigenvalue weighted by Gasteiger charge is -2.31. The van der Waals surface area contributed by atoms with Gasteiger partial charge in [0.15, 0.2) is 0 Å². The van der Waals surface area contributed by atoms with Crippen LogP contribution in [0.25, 0.3) is 50.4 Å². The molecular weight excluding hydrogens is 1320 g/mol. The fourth-order valence-electron chi connectivity index (χ4n) is 13.4. The molecule has 0 spiro atoms. The van der Waals surface area contributed by atoms with E-state index in [2.05, 4.69) is 81.5 Å². The summed E-state index contributed by atoms with van der Waals surface area (Å²) in [5.74, 6) is 2.17. The Morgan fingerprint density at radius 2 is 0.990 bits per heavy atom. The summed E-state index contributed by atoms with van der Waals surface area (Å²) >= 11 is 1.40. The third-order valence-electron chi connectivity index (χ3n) is 18.3. The first-order valence-electron chi connectivity index (χ1n) is 32.5. The van der Waals surface area contributed by atoms with E-state index in [1.807, 2.05) is 74.7 Å². The number of benzene rings is 3. The largest absolute Gasteiger partial charge is 0.419 e. The van der Waals surface area contributed by atoms with Crippen molar-refractivity contribution in [2.45, 2.75) is 122 Å². The summed E-state index contributed by atoms with van der Waals surface area (Å²) in [5, 5.41) is 29.3. The second-order valence-corrected chi connectivity index (χ2v) is 25.6. The Labute approximate surface area is 567 Å². The van der Waals surface area contributed by atoms with Crippen LogP contribution in [0, 0.1) is 27.7 Å². The van der Waals surface area contributed by atoms with Crippen LogP contribution in [0.2, 0.25) is 0 Å². The lowest BCUT2D eigenvalue weighted by Crippen LogP contribution is -2.49. The predicted octanol–water partition coefficient (Wildman–Crippen LogP) is 13.6. The van der Waals surface area contributed by atoms with Crippen molar-refractivity contribution < 1.29 is 53.3 Å². The summed E-state index contributed by atoms with van der Waals surface area (Å²) in [5.41, 5.74) is 9.97. The van der Waals surface area contributed by atoms with E-state index in [4.69, 9.17) is 13.8 Å². The highest BCUT2D eigenvalue weighted by atomic mass is 32.1. The zero-order chi connectivity index (χ0) is 69.3. The van der Waals surface area contributed by atoms with Gasteiger partial charge in [0.05, 0.1) is 40.6 Å². The van der Waals surface area contributed by atoms with Gasteiger partial charge in [-0.25, -0.2) is 29.9 Å². The molecular formula is C70H69F9N16O3S. The maximum atomic E-state index is 13.9. The number of piperidine rings is 3. The smallest absolute Gasteiger partial charge is 0.379 e. The first-order chi connectivity index (χ1) is 47.5. The molecule has 0 saturated carbocycles. The molecule has 3 aliphatic heterocycles. The van der Waals surface area contributed by atoms with E-state index in [0.717, 1.165) is 150 Å². The molecule has 0 radical (unpaired) electrons. The van der Waals surface area contributed by atoms with Gasteiger partial charge in [-0.05, 0) is 154 Å². The van der Waals surface area contributed by atoms with Gasteiger partial charge >= 0.3 is 18.5 Å². The number of aromatic nitrogens is 10. The van der Waals surface area contributed by atoms with Gasteiger partial charge in [-0.15, -0.1) is 0 Å². The van der Waals surface area contributed by atoms with E-state index in [1.165, 1.54) is 11.5 Å². The predicted molar refractivity (Wildman–Crippen MR) is 356 cm³/mol. The molecule has 0 unspecified atom stereocenters. The number of hydrogen-bond donors (Lipinski definition) is 6. The van der Waals surface area contributed by atoms with E-state index >= 15 is 0 Å². The maximum absolute atomic E-state index is 13.9. The highest BCUT2D eigenvalue weighted by Gasteiger charge is 2.41. The summed E-state index contributed by atoms with van der Waals surface area (Å²) in [7, 11) is 1.63. The van der Waals surface area contributed by atoms with Crippen LogP contribution < -0.4 is 31.9 Å². The quantitative estimate of drug-likeness (QED) is 0.0589. The van der Waals surface area contributed by atoms with Gasteiger partial charge in [-0.3, -0.25) is 0 Å². The van der Waals surface area contributed by atoms with Crippen molar-refractivity contribution in [1.82, 2.24) is 65.5 Å². The molecule has 4 atom stereocenters. The molecule has 3 saturated heterocycles. The Morgan fingerprint density at radius 3 is 1.42 bits per heavy atom. The minimum Gasteiger partial charge on any atom is -0.379 e. The van der Waals surface area contributed by atoms with Crippen molar-refractivity contribution in [2.75, 3.05) is 62.3 Å². The highest BCUT2D eigenvalue weighted by Crippen LogP contribution is 2.45. The van der Waals surface area contributed by atoms with E-state index in [9.17, 15) is 39.5 Å². The Kier molecular flexibility index (Phi) is 19.7. The van der Waals surface area contributed by atoms with E-state index in [-0.39, 0.29) is 59.2 Å². The fourth-order valence-corrected chi connectivity index (χ4v) is 14.1. The lowest BCUT2D eigenvalue weighted by atomic mass is 9.95. The van der Waals surface area contributed by atoms with Crippen molar-refractivity contribution >= 4 is 46.1 Å². The number of ether oxygens (including phenoxy) is 1. The van der Waals surface area contributed by atoms with Crippen LogP contribution in [-0.4, -0.2) is 120 Å². The van der Waals surface area contributed by atoms with Gasteiger partial charge in [0.25, 0.3) is 0 Å². The highest BCUT2D eigenvalue weighted by molar-refractivity contribution is 7.04. The molecule has 6 aliphatic rings. The third-order valence-corrected chi connectivity index (χ3v) is 19.0. The Bertz CT molecular complexity index is 4530. The fraction of sp³-hybridized carbons (Fsp3) is 0.371. The van der Waals surface area contributed by atoms with Crippen LogP contribution in [0.4, 0.5) is 57.4 Å². The average Bonchev–Trinajstić information content (AvgIpc) is 1.70. The van der Waals surface area contributed by atoms with Gasteiger partial charge in [-0.2, -0.15) is 48.9 Å². The molecule has 516 valence electrons. The van der Waals surface area contributed by atoms with Crippen molar-refractivity contribution in [3.8, 4) is 33.6 Å². The number of anilines is 3. The van der Waals surface area contributed by atoms with Gasteiger partial charge in [0, 0.05) is 103 Å². The number of halogens is 9. The Hall–Kier alpha value is -9.29. The van der Waals surface area contributed by atoms with Crippen LogP contribution in [-0.2, 0) is 42.5 Å². The van der Waals surface area contributed by atoms with Crippen LogP contribution in [0.5, 0.6) is 0 Å². The molecule has 19 nitrogen and oxygen atoms in total. The Balaban J connectivity index is 0.000000134. The second-order valence-electron chi connectivity index (χ2n) is 25.0.